The van der Waals surface area contributed by atoms with Crippen LogP contribution in [-0.2, 0) is 9.53 Å². The van der Waals surface area contributed by atoms with Crippen LogP contribution in [0, 0.1) is 0 Å². The summed E-state index contributed by atoms with van der Waals surface area (Å²) in [6.07, 6.45) is 4.65. The van der Waals surface area contributed by atoms with Crippen molar-refractivity contribution >= 4 is 23.2 Å². The van der Waals surface area contributed by atoms with E-state index in [0.717, 1.165) is 77.3 Å². The highest BCUT2D eigenvalue weighted by atomic mass is 16.5. The first-order valence-corrected chi connectivity index (χ1v) is 10.9. The standard InChI is InChI=1S/C22H34N4O3/c1-2-3-6-21(27)24-18-7-8-20(26-10-4-5-11-26)19(17-18)22(28)23-9-12-25-13-15-29-16-14-25/h7-8,17H,2-6,9-16H2,1H3,(H,23,28)(H,24,27). The van der Waals surface area contributed by atoms with E-state index in [1.165, 1.54) is 0 Å². The number of hydrogen-bond acceptors (Lipinski definition) is 5. The number of carbonyl (C=O) groups excluding carboxylic acids is 2. The summed E-state index contributed by atoms with van der Waals surface area (Å²) in [6.45, 7) is 8.76. The van der Waals surface area contributed by atoms with E-state index in [9.17, 15) is 9.59 Å². The summed E-state index contributed by atoms with van der Waals surface area (Å²) in [6, 6.07) is 5.70. The lowest BCUT2D eigenvalue weighted by atomic mass is 10.1. The molecule has 1 aromatic rings. The van der Waals surface area contributed by atoms with Crippen LogP contribution >= 0.6 is 0 Å². The molecule has 2 fully saturated rings. The summed E-state index contributed by atoms with van der Waals surface area (Å²) in [4.78, 5) is 29.6. The fourth-order valence-electron chi connectivity index (χ4n) is 3.84. The van der Waals surface area contributed by atoms with E-state index in [1.54, 1.807) is 0 Å². The van der Waals surface area contributed by atoms with Gasteiger partial charge in [-0.2, -0.15) is 0 Å². The van der Waals surface area contributed by atoms with Crippen molar-refractivity contribution in [1.29, 1.82) is 0 Å². The number of nitrogens with zero attached hydrogens (tertiary/aromatic N) is 2. The van der Waals surface area contributed by atoms with Gasteiger partial charge in [0, 0.05) is 57.1 Å². The number of carbonyl (C=O) groups is 2. The second-order valence-electron chi connectivity index (χ2n) is 7.79. The number of anilines is 2. The molecular formula is C22H34N4O3. The predicted octanol–water partition coefficient (Wildman–Crippen LogP) is 2.48. The fraction of sp³-hybridized carbons (Fsp3) is 0.636. The van der Waals surface area contributed by atoms with Crippen LogP contribution in [0.3, 0.4) is 0 Å². The van der Waals surface area contributed by atoms with Gasteiger partial charge in [-0.3, -0.25) is 14.5 Å². The summed E-state index contributed by atoms with van der Waals surface area (Å²) in [5, 5.41) is 6.00. The molecule has 0 bridgehead atoms. The fourth-order valence-corrected chi connectivity index (χ4v) is 3.84. The van der Waals surface area contributed by atoms with Crippen molar-refractivity contribution in [2.75, 3.05) is 62.7 Å². The maximum atomic E-state index is 13.0. The molecule has 3 rings (SSSR count). The molecule has 1 aromatic carbocycles. The Labute approximate surface area is 173 Å². The highest BCUT2D eigenvalue weighted by Crippen LogP contribution is 2.27. The maximum absolute atomic E-state index is 13.0. The molecule has 29 heavy (non-hydrogen) atoms. The van der Waals surface area contributed by atoms with Gasteiger partial charge in [0.1, 0.15) is 0 Å². The third-order valence-electron chi connectivity index (χ3n) is 5.55. The molecule has 160 valence electrons. The van der Waals surface area contributed by atoms with Gasteiger partial charge in [-0.1, -0.05) is 13.3 Å². The predicted molar refractivity (Wildman–Crippen MR) is 116 cm³/mol. The highest BCUT2D eigenvalue weighted by Gasteiger charge is 2.21. The zero-order valence-corrected chi connectivity index (χ0v) is 17.5. The Morgan fingerprint density at radius 3 is 2.59 bits per heavy atom. The average Bonchev–Trinajstić information content (AvgIpc) is 3.27. The minimum absolute atomic E-state index is 0.000511. The zero-order valence-electron chi connectivity index (χ0n) is 17.5. The molecule has 2 amide bonds. The Morgan fingerprint density at radius 2 is 1.86 bits per heavy atom. The van der Waals surface area contributed by atoms with Gasteiger partial charge < -0.3 is 20.3 Å². The summed E-state index contributed by atoms with van der Waals surface area (Å²) in [5.74, 6) is -0.0794. The van der Waals surface area contributed by atoms with Gasteiger partial charge in [0.2, 0.25) is 5.91 Å². The van der Waals surface area contributed by atoms with Gasteiger partial charge in [0.15, 0.2) is 0 Å². The van der Waals surface area contributed by atoms with E-state index in [-0.39, 0.29) is 11.8 Å². The number of nitrogens with one attached hydrogen (secondary N) is 2. The molecule has 0 radical (unpaired) electrons. The second kappa shape index (κ2) is 11.2. The van der Waals surface area contributed by atoms with Gasteiger partial charge in [-0.25, -0.2) is 0 Å². The van der Waals surface area contributed by atoms with Crippen LogP contribution in [-0.4, -0.2) is 69.2 Å². The highest BCUT2D eigenvalue weighted by molar-refractivity contribution is 6.02. The van der Waals surface area contributed by atoms with E-state index in [4.69, 9.17) is 4.74 Å². The second-order valence-corrected chi connectivity index (χ2v) is 7.79. The number of rotatable bonds is 9. The van der Waals surface area contributed by atoms with Crippen molar-refractivity contribution in [3.63, 3.8) is 0 Å². The van der Waals surface area contributed by atoms with Crippen LogP contribution in [0.1, 0.15) is 49.4 Å². The molecule has 0 aliphatic carbocycles. The molecular weight excluding hydrogens is 368 g/mol. The summed E-state index contributed by atoms with van der Waals surface area (Å²) in [7, 11) is 0. The summed E-state index contributed by atoms with van der Waals surface area (Å²) >= 11 is 0. The third kappa shape index (κ3) is 6.44. The minimum Gasteiger partial charge on any atom is -0.379 e. The lowest BCUT2D eigenvalue weighted by Crippen LogP contribution is -2.41. The first-order valence-electron chi connectivity index (χ1n) is 10.9. The van der Waals surface area contributed by atoms with Crippen molar-refractivity contribution < 1.29 is 14.3 Å². The van der Waals surface area contributed by atoms with Gasteiger partial charge in [0.25, 0.3) is 5.91 Å². The van der Waals surface area contributed by atoms with Crippen LogP contribution in [0.15, 0.2) is 18.2 Å². The average molecular weight is 403 g/mol. The smallest absolute Gasteiger partial charge is 0.253 e. The number of benzene rings is 1. The molecule has 2 heterocycles. The van der Waals surface area contributed by atoms with Crippen LogP contribution in [0.5, 0.6) is 0 Å². The molecule has 7 nitrogen and oxygen atoms in total. The lowest BCUT2D eigenvalue weighted by molar-refractivity contribution is -0.116. The van der Waals surface area contributed by atoms with Crippen molar-refractivity contribution in [3.05, 3.63) is 23.8 Å². The molecule has 2 aliphatic heterocycles. The lowest BCUT2D eigenvalue weighted by Gasteiger charge is -2.26. The molecule has 2 saturated heterocycles. The van der Waals surface area contributed by atoms with Crippen LogP contribution in [0.2, 0.25) is 0 Å². The monoisotopic (exact) mass is 402 g/mol. The Balaban J connectivity index is 1.65. The largest absolute Gasteiger partial charge is 0.379 e. The molecule has 2 aliphatic rings. The first kappa shape index (κ1) is 21.6. The summed E-state index contributed by atoms with van der Waals surface area (Å²) < 4.78 is 5.37. The van der Waals surface area contributed by atoms with Crippen molar-refractivity contribution in [3.8, 4) is 0 Å². The number of hydrogen-bond donors (Lipinski definition) is 2. The molecule has 0 unspecified atom stereocenters. The van der Waals surface area contributed by atoms with Crippen LogP contribution in [0.4, 0.5) is 11.4 Å². The first-order chi connectivity index (χ1) is 14.2. The Morgan fingerprint density at radius 1 is 1.10 bits per heavy atom. The summed E-state index contributed by atoms with van der Waals surface area (Å²) in [5.41, 5.74) is 2.28. The van der Waals surface area contributed by atoms with Gasteiger partial charge in [-0.15, -0.1) is 0 Å². The van der Waals surface area contributed by atoms with E-state index in [2.05, 4.69) is 27.4 Å². The van der Waals surface area contributed by atoms with Crippen molar-refractivity contribution in [2.45, 2.75) is 39.0 Å². The Bertz CT molecular complexity index is 683. The third-order valence-corrected chi connectivity index (χ3v) is 5.55. The molecule has 2 N–H and O–H groups in total. The normalized spacial score (nSPS) is 17.3. The SMILES string of the molecule is CCCCC(=O)Nc1ccc(N2CCCC2)c(C(=O)NCCN2CCOCC2)c1. The molecule has 0 atom stereocenters. The van der Waals surface area contributed by atoms with E-state index >= 15 is 0 Å². The Kier molecular flexibility index (Phi) is 8.31. The van der Waals surface area contributed by atoms with E-state index in [0.29, 0.717) is 24.2 Å². The van der Waals surface area contributed by atoms with Crippen LogP contribution in [0.25, 0.3) is 0 Å². The van der Waals surface area contributed by atoms with Crippen LogP contribution < -0.4 is 15.5 Å². The van der Waals surface area contributed by atoms with Gasteiger partial charge in [0.05, 0.1) is 18.8 Å². The topological polar surface area (TPSA) is 73.9 Å². The molecule has 7 heteroatoms. The number of unbranched alkanes of at least 4 members (excludes halogenated alkanes) is 1. The molecule has 0 aromatic heterocycles. The minimum atomic E-state index is -0.0789. The molecule has 0 saturated carbocycles. The van der Waals surface area contributed by atoms with Gasteiger partial charge >= 0.3 is 0 Å². The van der Waals surface area contributed by atoms with E-state index < -0.39 is 0 Å². The van der Waals surface area contributed by atoms with Crippen molar-refractivity contribution in [1.82, 2.24) is 10.2 Å². The number of morpholine rings is 1. The van der Waals surface area contributed by atoms with Gasteiger partial charge in [-0.05, 0) is 37.5 Å². The zero-order chi connectivity index (χ0) is 20.5. The molecule has 0 spiro atoms. The number of amides is 2. The Hall–Kier alpha value is -2.12. The quantitative estimate of drug-likeness (QED) is 0.664. The van der Waals surface area contributed by atoms with Crippen molar-refractivity contribution in [2.24, 2.45) is 0 Å². The maximum Gasteiger partial charge on any atom is 0.253 e. The number of ether oxygens (including phenoxy) is 1. The van der Waals surface area contributed by atoms with E-state index in [1.807, 2.05) is 18.2 Å².